The van der Waals surface area contributed by atoms with Gasteiger partial charge in [0, 0.05) is 19.7 Å². The fraction of sp³-hybridized carbons (Fsp3) is 0.650. The third-order valence-electron chi connectivity index (χ3n) is 3.69. The summed E-state index contributed by atoms with van der Waals surface area (Å²) in [4.78, 5) is 4.44. The minimum Gasteiger partial charge on any atom is -0.496 e. The van der Waals surface area contributed by atoms with E-state index >= 15 is 0 Å². The van der Waals surface area contributed by atoms with Crippen molar-refractivity contribution >= 4 is 29.9 Å². The van der Waals surface area contributed by atoms with Crippen LogP contribution >= 0.6 is 24.0 Å². The highest BCUT2D eigenvalue weighted by Crippen LogP contribution is 2.19. The smallest absolute Gasteiger partial charge is 0.191 e. The maximum absolute atomic E-state index is 9.98. The second kappa shape index (κ2) is 14.9. The average Bonchev–Trinajstić information content (AvgIpc) is 2.59. The predicted molar refractivity (Wildman–Crippen MR) is 122 cm³/mol. The highest BCUT2D eigenvalue weighted by atomic mass is 127. The molecule has 3 N–H and O–H groups in total. The Morgan fingerprint density at radius 3 is 2.59 bits per heavy atom. The van der Waals surface area contributed by atoms with Crippen LogP contribution in [0.4, 0.5) is 0 Å². The molecule has 1 atom stereocenters. The van der Waals surface area contributed by atoms with E-state index in [1.807, 2.05) is 19.1 Å². The SMILES string of the molecule is CCNC(=NCC(O)COCC(C)C)NCCc1cc(C)ccc1OC.I. The number of guanidine groups is 1. The molecule has 156 valence electrons. The molecule has 0 saturated heterocycles. The summed E-state index contributed by atoms with van der Waals surface area (Å²) in [5, 5.41) is 16.5. The van der Waals surface area contributed by atoms with Crippen molar-refractivity contribution in [2.24, 2.45) is 10.9 Å². The zero-order valence-corrected chi connectivity index (χ0v) is 19.6. The third-order valence-corrected chi connectivity index (χ3v) is 3.69. The second-order valence-corrected chi connectivity index (χ2v) is 6.80. The standard InChI is InChI=1S/C20H35N3O3.HI/c1-6-21-20(23-12-18(24)14-26-13-15(2)3)22-10-9-17-11-16(4)7-8-19(17)25-5;/h7-8,11,15,18,24H,6,9-10,12-14H2,1-5H3,(H2,21,22,23);1H. The van der Waals surface area contributed by atoms with Crippen molar-refractivity contribution in [2.75, 3.05) is 40.0 Å². The normalized spacial score (nSPS) is 12.5. The van der Waals surface area contributed by atoms with Gasteiger partial charge in [-0.25, -0.2) is 0 Å². The molecule has 0 aliphatic rings. The molecule has 0 fully saturated rings. The van der Waals surface area contributed by atoms with E-state index in [4.69, 9.17) is 9.47 Å². The van der Waals surface area contributed by atoms with Crippen LogP contribution in [-0.4, -0.2) is 57.1 Å². The van der Waals surface area contributed by atoms with E-state index in [0.717, 1.165) is 30.8 Å². The number of rotatable bonds is 11. The van der Waals surface area contributed by atoms with Gasteiger partial charge >= 0.3 is 0 Å². The first-order chi connectivity index (χ1) is 12.5. The van der Waals surface area contributed by atoms with Crippen LogP contribution < -0.4 is 15.4 Å². The maximum atomic E-state index is 9.98. The summed E-state index contributed by atoms with van der Waals surface area (Å²) in [5.41, 5.74) is 2.38. The fourth-order valence-electron chi connectivity index (χ4n) is 2.45. The van der Waals surface area contributed by atoms with Gasteiger partial charge in [0.25, 0.3) is 0 Å². The fourth-order valence-corrected chi connectivity index (χ4v) is 2.45. The van der Waals surface area contributed by atoms with Crippen molar-refractivity contribution in [2.45, 2.75) is 40.2 Å². The highest BCUT2D eigenvalue weighted by molar-refractivity contribution is 14.0. The molecule has 7 heteroatoms. The summed E-state index contributed by atoms with van der Waals surface area (Å²) in [6.45, 7) is 11.0. The number of hydrogen-bond donors (Lipinski definition) is 3. The molecular weight excluding hydrogens is 457 g/mol. The number of methoxy groups -OCH3 is 1. The van der Waals surface area contributed by atoms with Crippen LogP contribution in [0.3, 0.4) is 0 Å². The van der Waals surface area contributed by atoms with E-state index < -0.39 is 6.10 Å². The van der Waals surface area contributed by atoms with Crippen LogP contribution in [0.15, 0.2) is 23.2 Å². The van der Waals surface area contributed by atoms with E-state index in [-0.39, 0.29) is 24.0 Å². The molecule has 0 saturated carbocycles. The first-order valence-corrected chi connectivity index (χ1v) is 9.37. The van der Waals surface area contributed by atoms with Gasteiger partial charge in [0.05, 0.1) is 26.4 Å². The molecule has 0 aromatic heterocycles. The number of nitrogens with one attached hydrogen (secondary N) is 2. The topological polar surface area (TPSA) is 75.1 Å². The van der Waals surface area contributed by atoms with Crippen molar-refractivity contribution in [3.8, 4) is 5.75 Å². The zero-order valence-electron chi connectivity index (χ0n) is 17.2. The van der Waals surface area contributed by atoms with Crippen molar-refractivity contribution < 1.29 is 14.6 Å². The molecular formula is C20H36IN3O3. The Kier molecular flexibility index (Phi) is 14.3. The number of halogens is 1. The first-order valence-electron chi connectivity index (χ1n) is 9.37. The van der Waals surface area contributed by atoms with Crippen LogP contribution in [0.2, 0.25) is 0 Å². The minimum absolute atomic E-state index is 0. The summed E-state index contributed by atoms with van der Waals surface area (Å²) < 4.78 is 10.9. The van der Waals surface area contributed by atoms with Crippen LogP contribution in [-0.2, 0) is 11.2 Å². The van der Waals surface area contributed by atoms with Crippen molar-refractivity contribution in [3.05, 3.63) is 29.3 Å². The summed E-state index contributed by atoms with van der Waals surface area (Å²) in [6, 6.07) is 6.18. The van der Waals surface area contributed by atoms with Crippen molar-refractivity contribution in [1.82, 2.24) is 10.6 Å². The highest BCUT2D eigenvalue weighted by Gasteiger charge is 2.07. The predicted octanol–water partition coefficient (Wildman–Crippen LogP) is 2.75. The molecule has 0 heterocycles. The summed E-state index contributed by atoms with van der Waals surface area (Å²) in [6.07, 6.45) is 0.232. The third kappa shape index (κ3) is 11.4. The molecule has 1 aromatic rings. The monoisotopic (exact) mass is 493 g/mol. The number of aliphatic hydroxyl groups excluding tert-OH is 1. The molecule has 0 aliphatic heterocycles. The number of hydrogen-bond acceptors (Lipinski definition) is 4. The van der Waals surface area contributed by atoms with Gasteiger partial charge in [-0.15, -0.1) is 24.0 Å². The van der Waals surface area contributed by atoms with Gasteiger partial charge in [-0.1, -0.05) is 31.5 Å². The van der Waals surface area contributed by atoms with Crippen LogP contribution in [0.25, 0.3) is 0 Å². The molecule has 0 radical (unpaired) electrons. The molecule has 1 unspecified atom stereocenters. The quantitative estimate of drug-likeness (QED) is 0.251. The van der Waals surface area contributed by atoms with E-state index in [1.165, 1.54) is 5.56 Å². The van der Waals surface area contributed by atoms with Crippen LogP contribution in [0, 0.1) is 12.8 Å². The van der Waals surface area contributed by atoms with Crippen molar-refractivity contribution in [3.63, 3.8) is 0 Å². The minimum atomic E-state index is -0.596. The van der Waals surface area contributed by atoms with E-state index in [1.54, 1.807) is 7.11 Å². The van der Waals surface area contributed by atoms with E-state index in [0.29, 0.717) is 31.6 Å². The van der Waals surface area contributed by atoms with Gasteiger partial charge in [-0.05, 0) is 37.8 Å². The Morgan fingerprint density at radius 1 is 1.22 bits per heavy atom. The number of aliphatic hydroxyl groups is 1. The van der Waals surface area contributed by atoms with Crippen LogP contribution in [0.5, 0.6) is 5.75 Å². The first kappa shape index (κ1) is 25.9. The van der Waals surface area contributed by atoms with Crippen LogP contribution in [0.1, 0.15) is 31.9 Å². The Balaban J connectivity index is 0.00000676. The second-order valence-electron chi connectivity index (χ2n) is 6.80. The molecule has 0 bridgehead atoms. The molecule has 0 spiro atoms. The Bertz CT molecular complexity index is 553. The van der Waals surface area contributed by atoms with Gasteiger partial charge < -0.3 is 25.2 Å². The Hall–Kier alpha value is -1.06. The lowest BCUT2D eigenvalue weighted by Crippen LogP contribution is -2.39. The number of aliphatic imine (C=N–C) groups is 1. The van der Waals surface area contributed by atoms with Gasteiger partial charge in [-0.3, -0.25) is 4.99 Å². The summed E-state index contributed by atoms with van der Waals surface area (Å²) in [5.74, 6) is 2.06. The largest absolute Gasteiger partial charge is 0.496 e. The summed E-state index contributed by atoms with van der Waals surface area (Å²) >= 11 is 0. The van der Waals surface area contributed by atoms with E-state index in [2.05, 4.69) is 42.5 Å². The lowest BCUT2D eigenvalue weighted by atomic mass is 10.1. The van der Waals surface area contributed by atoms with Gasteiger partial charge in [0.1, 0.15) is 5.75 Å². The number of ether oxygens (including phenoxy) is 2. The lowest BCUT2D eigenvalue weighted by Gasteiger charge is -2.15. The van der Waals surface area contributed by atoms with Gasteiger partial charge in [0.2, 0.25) is 0 Å². The molecule has 1 aromatic carbocycles. The van der Waals surface area contributed by atoms with Crippen molar-refractivity contribution in [1.29, 1.82) is 0 Å². The Morgan fingerprint density at radius 2 is 1.96 bits per heavy atom. The lowest BCUT2D eigenvalue weighted by molar-refractivity contribution is 0.0301. The molecule has 0 aliphatic carbocycles. The Labute approximate surface area is 181 Å². The number of benzene rings is 1. The zero-order chi connectivity index (χ0) is 19.4. The average molecular weight is 493 g/mol. The maximum Gasteiger partial charge on any atom is 0.191 e. The number of nitrogens with zero attached hydrogens (tertiary/aromatic N) is 1. The van der Waals surface area contributed by atoms with E-state index in [9.17, 15) is 5.11 Å². The molecule has 6 nitrogen and oxygen atoms in total. The summed E-state index contributed by atoms with van der Waals surface area (Å²) in [7, 11) is 1.69. The molecule has 0 amide bonds. The van der Waals surface area contributed by atoms with Gasteiger partial charge in [-0.2, -0.15) is 0 Å². The van der Waals surface area contributed by atoms with Gasteiger partial charge in [0.15, 0.2) is 5.96 Å². The number of aryl methyl sites for hydroxylation is 1. The molecule has 1 rings (SSSR count). The molecule has 27 heavy (non-hydrogen) atoms.